The number of carbonyl (C=O) groups excluding carboxylic acids is 1. The van der Waals surface area contributed by atoms with E-state index in [9.17, 15) is 23.3 Å². The quantitative estimate of drug-likeness (QED) is 0.524. The summed E-state index contributed by atoms with van der Waals surface area (Å²) in [5, 5.41) is 11.4. The van der Waals surface area contributed by atoms with Crippen molar-refractivity contribution in [1.29, 1.82) is 0 Å². The molecule has 10 heteroatoms. The number of nitrogens with one attached hydrogen (secondary N) is 1. The lowest BCUT2D eigenvalue weighted by Gasteiger charge is -2.40. The van der Waals surface area contributed by atoms with E-state index in [1.165, 1.54) is 12.1 Å². The second kappa shape index (κ2) is 8.48. The van der Waals surface area contributed by atoms with Crippen molar-refractivity contribution in [1.82, 2.24) is 9.62 Å². The minimum atomic E-state index is -3.88. The molecule has 1 aromatic carbocycles. The molecule has 170 valence electrons. The number of hydrogen-bond acceptors (Lipinski definition) is 6. The van der Waals surface area contributed by atoms with E-state index in [0.29, 0.717) is 57.6 Å². The molecule has 0 spiro atoms. The molecule has 2 aliphatic carbocycles. The van der Waals surface area contributed by atoms with Crippen LogP contribution in [0.2, 0.25) is 0 Å². The van der Waals surface area contributed by atoms with Gasteiger partial charge in [0.2, 0.25) is 15.9 Å². The fraction of sp³-hybridized carbons (Fsp3) is 0.667. The Hall–Kier alpha value is -2.04. The van der Waals surface area contributed by atoms with Crippen LogP contribution in [0.5, 0.6) is 0 Å². The Kier molecular flexibility index (Phi) is 6.06. The summed E-state index contributed by atoms with van der Waals surface area (Å²) in [5.41, 5.74) is -0.0130. The van der Waals surface area contributed by atoms with Crippen molar-refractivity contribution in [3.8, 4) is 0 Å². The van der Waals surface area contributed by atoms with E-state index >= 15 is 0 Å². The molecule has 1 saturated heterocycles. The lowest BCUT2D eigenvalue weighted by molar-refractivity contribution is -0.385. The van der Waals surface area contributed by atoms with Gasteiger partial charge in [0, 0.05) is 36.2 Å². The maximum atomic E-state index is 12.9. The first-order valence-electron chi connectivity index (χ1n) is 10.9. The van der Waals surface area contributed by atoms with Gasteiger partial charge in [0.05, 0.1) is 23.0 Å². The first-order valence-corrected chi connectivity index (χ1v) is 12.4. The summed E-state index contributed by atoms with van der Waals surface area (Å²) in [5.74, 6) is 0.272. The topological polar surface area (TPSA) is 119 Å². The summed E-state index contributed by atoms with van der Waals surface area (Å²) in [6.07, 6.45) is 4.08. The molecule has 0 bridgehead atoms. The molecule has 1 heterocycles. The van der Waals surface area contributed by atoms with Crippen LogP contribution in [-0.2, 0) is 19.6 Å². The predicted octanol–water partition coefficient (Wildman–Crippen LogP) is 2.56. The maximum Gasteiger partial charge on any atom is 0.274 e. The molecule has 1 amide bonds. The van der Waals surface area contributed by atoms with Crippen LogP contribution in [0.1, 0.15) is 56.9 Å². The maximum absolute atomic E-state index is 12.9. The SMILES string of the molecule is CC1(C(=O)N2CCOCC2)CCC(NS(=O)(=O)c2ccc(C3CC3)c([N+](=O)[O-])c2)CC1. The Morgan fingerprint density at radius 1 is 1.19 bits per heavy atom. The van der Waals surface area contributed by atoms with Gasteiger partial charge in [0.15, 0.2) is 0 Å². The highest BCUT2D eigenvalue weighted by Crippen LogP contribution is 2.44. The molecule has 31 heavy (non-hydrogen) atoms. The molecule has 3 aliphatic rings. The third-order valence-electron chi connectivity index (χ3n) is 6.75. The first kappa shape index (κ1) is 22.2. The largest absolute Gasteiger partial charge is 0.378 e. The number of sulfonamides is 1. The predicted molar refractivity (Wildman–Crippen MR) is 113 cm³/mol. The Morgan fingerprint density at radius 3 is 2.42 bits per heavy atom. The molecular formula is C21H29N3O6S. The number of nitro benzene ring substituents is 1. The Morgan fingerprint density at radius 2 is 1.84 bits per heavy atom. The van der Waals surface area contributed by atoms with Crippen molar-refractivity contribution in [2.45, 2.75) is 62.3 Å². The number of amides is 1. The van der Waals surface area contributed by atoms with E-state index in [1.807, 2.05) is 11.8 Å². The molecule has 4 rings (SSSR count). The Balaban J connectivity index is 1.41. The molecule has 2 saturated carbocycles. The van der Waals surface area contributed by atoms with Gasteiger partial charge < -0.3 is 9.64 Å². The van der Waals surface area contributed by atoms with Gasteiger partial charge in [-0.2, -0.15) is 0 Å². The van der Waals surface area contributed by atoms with Gasteiger partial charge in [-0.15, -0.1) is 0 Å². The van der Waals surface area contributed by atoms with Crippen molar-refractivity contribution in [3.05, 3.63) is 33.9 Å². The number of ether oxygens (including phenoxy) is 1. The van der Waals surface area contributed by atoms with Gasteiger partial charge in [-0.25, -0.2) is 13.1 Å². The Labute approximate surface area is 182 Å². The second-order valence-electron chi connectivity index (χ2n) is 9.11. The first-order chi connectivity index (χ1) is 14.7. The number of carbonyl (C=O) groups is 1. The van der Waals surface area contributed by atoms with E-state index in [-0.39, 0.29) is 28.4 Å². The lowest BCUT2D eigenvalue weighted by atomic mass is 9.73. The Bertz CT molecular complexity index is 961. The van der Waals surface area contributed by atoms with Gasteiger partial charge in [0.25, 0.3) is 5.69 Å². The molecule has 0 unspecified atom stereocenters. The van der Waals surface area contributed by atoms with Crippen molar-refractivity contribution in [2.75, 3.05) is 26.3 Å². The van der Waals surface area contributed by atoms with Gasteiger partial charge in [-0.3, -0.25) is 14.9 Å². The smallest absolute Gasteiger partial charge is 0.274 e. The molecule has 1 aliphatic heterocycles. The highest BCUT2D eigenvalue weighted by atomic mass is 32.2. The van der Waals surface area contributed by atoms with Gasteiger partial charge in [0.1, 0.15) is 0 Å². The highest BCUT2D eigenvalue weighted by molar-refractivity contribution is 7.89. The van der Waals surface area contributed by atoms with Crippen molar-refractivity contribution < 1.29 is 22.9 Å². The fourth-order valence-electron chi connectivity index (χ4n) is 4.61. The summed E-state index contributed by atoms with van der Waals surface area (Å²) < 4.78 is 33.8. The molecule has 1 N–H and O–H groups in total. The average Bonchev–Trinajstić information content (AvgIpc) is 3.60. The normalized spacial score (nSPS) is 27.1. The zero-order valence-electron chi connectivity index (χ0n) is 17.7. The van der Waals surface area contributed by atoms with Crippen LogP contribution in [0.15, 0.2) is 23.1 Å². The number of hydrogen-bond donors (Lipinski definition) is 1. The molecule has 0 aromatic heterocycles. The van der Waals surface area contributed by atoms with Crippen LogP contribution in [0.3, 0.4) is 0 Å². The van der Waals surface area contributed by atoms with Crippen molar-refractivity contribution >= 4 is 21.6 Å². The molecule has 1 aromatic rings. The van der Waals surface area contributed by atoms with Gasteiger partial charge in [-0.05, 0) is 50.5 Å². The summed E-state index contributed by atoms with van der Waals surface area (Å²) in [6, 6.07) is 3.91. The van der Waals surface area contributed by atoms with Gasteiger partial charge in [-0.1, -0.05) is 13.0 Å². The fourth-order valence-corrected chi connectivity index (χ4v) is 5.94. The minimum Gasteiger partial charge on any atom is -0.378 e. The number of nitro groups is 1. The van der Waals surface area contributed by atoms with Gasteiger partial charge >= 0.3 is 0 Å². The third-order valence-corrected chi connectivity index (χ3v) is 8.27. The van der Waals surface area contributed by atoms with Crippen LogP contribution in [0.25, 0.3) is 0 Å². The van der Waals surface area contributed by atoms with E-state index in [0.717, 1.165) is 12.8 Å². The van der Waals surface area contributed by atoms with Crippen LogP contribution >= 0.6 is 0 Å². The van der Waals surface area contributed by atoms with Crippen LogP contribution in [0, 0.1) is 15.5 Å². The minimum absolute atomic E-state index is 0.0821. The standard InChI is InChI=1S/C21H29N3O6S/c1-21(20(25)23-10-12-30-13-11-23)8-6-16(7-9-21)22-31(28,29)17-4-5-18(15-2-3-15)19(14-17)24(26)27/h4-5,14-16,22H,2-3,6-13H2,1H3. The zero-order chi connectivity index (χ0) is 22.2. The van der Waals surface area contributed by atoms with E-state index < -0.39 is 20.4 Å². The van der Waals surface area contributed by atoms with Crippen LogP contribution < -0.4 is 4.72 Å². The number of benzene rings is 1. The molecule has 0 radical (unpaired) electrons. The van der Waals surface area contributed by atoms with Crippen molar-refractivity contribution in [3.63, 3.8) is 0 Å². The van der Waals surface area contributed by atoms with E-state index in [2.05, 4.69) is 4.72 Å². The summed E-state index contributed by atoms with van der Waals surface area (Å²) in [4.78, 5) is 25.6. The van der Waals surface area contributed by atoms with E-state index in [1.54, 1.807) is 6.07 Å². The number of morpholine rings is 1. The van der Waals surface area contributed by atoms with Crippen LogP contribution in [0.4, 0.5) is 5.69 Å². The summed E-state index contributed by atoms with van der Waals surface area (Å²) >= 11 is 0. The second-order valence-corrected chi connectivity index (χ2v) is 10.8. The van der Waals surface area contributed by atoms with Crippen molar-refractivity contribution in [2.24, 2.45) is 5.41 Å². The average molecular weight is 452 g/mol. The summed E-state index contributed by atoms with van der Waals surface area (Å²) in [6.45, 7) is 4.25. The third kappa shape index (κ3) is 4.75. The summed E-state index contributed by atoms with van der Waals surface area (Å²) in [7, 11) is -3.88. The monoisotopic (exact) mass is 451 g/mol. The van der Waals surface area contributed by atoms with E-state index in [4.69, 9.17) is 4.74 Å². The van der Waals surface area contributed by atoms with Crippen LogP contribution in [-0.4, -0.2) is 56.5 Å². The highest BCUT2D eigenvalue weighted by Gasteiger charge is 2.41. The number of nitrogens with zero attached hydrogens (tertiary/aromatic N) is 2. The molecule has 3 fully saturated rings. The molecule has 0 atom stereocenters. The lowest BCUT2D eigenvalue weighted by Crippen LogP contribution is -2.50. The molecule has 9 nitrogen and oxygen atoms in total. The number of rotatable bonds is 6. The zero-order valence-corrected chi connectivity index (χ0v) is 18.5. The molecular weight excluding hydrogens is 422 g/mol.